The number of nitrogens with one attached hydrogen (secondary N) is 1. The quantitative estimate of drug-likeness (QED) is 0.841. The van der Waals surface area contributed by atoms with Gasteiger partial charge in [0, 0.05) is 26.2 Å². The summed E-state index contributed by atoms with van der Waals surface area (Å²) in [6, 6.07) is 7.51. The maximum absolute atomic E-state index is 12.4. The van der Waals surface area contributed by atoms with Crippen LogP contribution in [0.4, 0.5) is 0 Å². The Balaban J connectivity index is 2.81. The lowest BCUT2D eigenvalue weighted by molar-refractivity contribution is 0.417. The van der Waals surface area contributed by atoms with Crippen LogP contribution < -0.4 is 5.32 Å². The van der Waals surface area contributed by atoms with E-state index in [0.717, 1.165) is 12.1 Å². The van der Waals surface area contributed by atoms with Gasteiger partial charge in [-0.25, -0.2) is 12.7 Å². The van der Waals surface area contributed by atoms with Crippen LogP contribution in [-0.4, -0.2) is 32.4 Å². The summed E-state index contributed by atoms with van der Waals surface area (Å²) in [7, 11) is -1.74. The van der Waals surface area contributed by atoms with Crippen molar-refractivity contribution in [2.24, 2.45) is 5.92 Å². The van der Waals surface area contributed by atoms with E-state index in [4.69, 9.17) is 0 Å². The molecule has 0 heterocycles. The third-order valence-electron chi connectivity index (χ3n) is 2.97. The van der Waals surface area contributed by atoms with Crippen molar-refractivity contribution < 1.29 is 8.42 Å². The highest BCUT2D eigenvalue weighted by atomic mass is 32.2. The summed E-state index contributed by atoms with van der Waals surface area (Å²) < 4.78 is 26.1. The molecule has 0 unspecified atom stereocenters. The van der Waals surface area contributed by atoms with Crippen molar-refractivity contribution in [1.82, 2.24) is 9.62 Å². The zero-order valence-electron chi connectivity index (χ0n) is 13.1. The molecule has 4 nitrogen and oxygen atoms in total. The van der Waals surface area contributed by atoms with E-state index < -0.39 is 10.0 Å². The summed E-state index contributed by atoms with van der Waals surface area (Å²) in [5, 5.41) is 3.31. The van der Waals surface area contributed by atoms with Gasteiger partial charge in [-0.2, -0.15) is 0 Å². The van der Waals surface area contributed by atoms with Crippen LogP contribution in [0.2, 0.25) is 0 Å². The number of hydrogen-bond donors (Lipinski definition) is 1. The minimum atomic E-state index is -3.37. The van der Waals surface area contributed by atoms with Crippen LogP contribution in [-0.2, 0) is 16.6 Å². The molecule has 1 N–H and O–H groups in total. The van der Waals surface area contributed by atoms with Crippen LogP contribution in [0, 0.1) is 5.92 Å². The lowest BCUT2D eigenvalue weighted by Gasteiger charge is -2.19. The van der Waals surface area contributed by atoms with E-state index in [-0.39, 0.29) is 0 Å². The normalized spacial score (nSPS) is 12.6. The van der Waals surface area contributed by atoms with Crippen molar-refractivity contribution in [3.63, 3.8) is 0 Å². The van der Waals surface area contributed by atoms with Gasteiger partial charge in [0.15, 0.2) is 0 Å². The average Bonchev–Trinajstić information content (AvgIpc) is 2.36. The summed E-state index contributed by atoms with van der Waals surface area (Å²) in [6.07, 6.45) is 0. The molecule has 114 valence electrons. The lowest BCUT2D eigenvalue weighted by Crippen LogP contribution is -2.30. The van der Waals surface area contributed by atoms with Crippen LogP contribution in [0.25, 0.3) is 0 Å². The maximum atomic E-state index is 12.4. The number of nitrogens with zero attached hydrogens (tertiary/aromatic N) is 1. The summed E-state index contributed by atoms with van der Waals surface area (Å²) in [4.78, 5) is 0.356. The topological polar surface area (TPSA) is 49.4 Å². The van der Waals surface area contributed by atoms with Crippen molar-refractivity contribution in [2.75, 3.05) is 13.6 Å². The summed E-state index contributed by atoms with van der Waals surface area (Å²) in [5.74, 6) is 0.310. The number of benzene rings is 1. The molecule has 0 saturated heterocycles. The van der Waals surface area contributed by atoms with Crippen LogP contribution >= 0.6 is 0 Å². The molecule has 0 bridgehead atoms. The molecule has 5 heteroatoms. The van der Waals surface area contributed by atoms with Gasteiger partial charge in [-0.15, -0.1) is 0 Å². The zero-order valence-corrected chi connectivity index (χ0v) is 13.9. The fraction of sp³-hybridized carbons (Fsp3) is 0.600. The molecule has 0 aromatic heterocycles. The van der Waals surface area contributed by atoms with Gasteiger partial charge in [0.1, 0.15) is 0 Å². The van der Waals surface area contributed by atoms with Gasteiger partial charge in [0.2, 0.25) is 10.0 Å². The molecule has 0 aliphatic heterocycles. The third kappa shape index (κ3) is 4.89. The van der Waals surface area contributed by atoms with E-state index in [1.54, 1.807) is 19.2 Å². The summed E-state index contributed by atoms with van der Waals surface area (Å²) in [6.45, 7) is 9.46. The first-order valence-electron chi connectivity index (χ1n) is 7.02. The van der Waals surface area contributed by atoms with Crippen LogP contribution in [0.3, 0.4) is 0 Å². The molecular weight excluding hydrogens is 272 g/mol. The summed E-state index contributed by atoms with van der Waals surface area (Å²) >= 11 is 0. The first kappa shape index (κ1) is 17.1. The molecule has 0 radical (unpaired) electrons. The highest BCUT2D eigenvalue weighted by Crippen LogP contribution is 2.16. The molecular formula is C15H26N2O2S. The minimum absolute atomic E-state index is 0.310. The summed E-state index contributed by atoms with van der Waals surface area (Å²) in [5.41, 5.74) is 1.09. The van der Waals surface area contributed by atoms with Gasteiger partial charge in [0.05, 0.1) is 4.90 Å². The molecule has 1 rings (SSSR count). The van der Waals surface area contributed by atoms with Gasteiger partial charge in [0.25, 0.3) is 0 Å². The predicted molar refractivity (Wildman–Crippen MR) is 83.1 cm³/mol. The van der Waals surface area contributed by atoms with Gasteiger partial charge in [-0.1, -0.05) is 39.8 Å². The highest BCUT2D eigenvalue weighted by molar-refractivity contribution is 7.89. The van der Waals surface area contributed by atoms with Crippen molar-refractivity contribution in [3.05, 3.63) is 29.8 Å². The Morgan fingerprint density at radius 1 is 1.10 bits per heavy atom. The van der Waals surface area contributed by atoms with E-state index >= 15 is 0 Å². The van der Waals surface area contributed by atoms with E-state index in [1.165, 1.54) is 4.31 Å². The largest absolute Gasteiger partial charge is 0.310 e. The maximum Gasteiger partial charge on any atom is 0.242 e. The third-order valence-corrected chi connectivity index (χ3v) is 4.81. The van der Waals surface area contributed by atoms with Crippen molar-refractivity contribution in [3.8, 4) is 0 Å². The Hall–Kier alpha value is -0.910. The number of hydrogen-bond acceptors (Lipinski definition) is 3. The standard InChI is InChI=1S/C15H26N2O2S/c1-12(2)11-17(5)20(18,19)15-8-6-14(7-9-15)10-16-13(3)4/h6-9,12-13,16H,10-11H2,1-5H3. The monoisotopic (exact) mass is 298 g/mol. The lowest BCUT2D eigenvalue weighted by atomic mass is 10.2. The van der Waals surface area contributed by atoms with E-state index in [2.05, 4.69) is 19.2 Å². The molecule has 0 amide bonds. The molecule has 0 saturated carbocycles. The minimum Gasteiger partial charge on any atom is -0.310 e. The Morgan fingerprint density at radius 3 is 2.10 bits per heavy atom. The zero-order chi connectivity index (χ0) is 15.3. The molecule has 1 aromatic carbocycles. The van der Waals surface area contributed by atoms with Gasteiger partial charge < -0.3 is 5.32 Å². The van der Waals surface area contributed by atoms with Crippen LogP contribution in [0.5, 0.6) is 0 Å². The van der Waals surface area contributed by atoms with Gasteiger partial charge in [-0.3, -0.25) is 0 Å². The molecule has 1 aromatic rings. The second kappa shape index (κ2) is 7.20. The molecule has 0 atom stereocenters. The van der Waals surface area contributed by atoms with Crippen molar-refractivity contribution in [1.29, 1.82) is 0 Å². The van der Waals surface area contributed by atoms with Gasteiger partial charge >= 0.3 is 0 Å². The Bertz CT molecular complexity index is 507. The Morgan fingerprint density at radius 2 is 1.65 bits per heavy atom. The molecule has 0 fully saturated rings. The van der Waals surface area contributed by atoms with Crippen molar-refractivity contribution >= 4 is 10.0 Å². The van der Waals surface area contributed by atoms with E-state index in [1.807, 2.05) is 26.0 Å². The highest BCUT2D eigenvalue weighted by Gasteiger charge is 2.21. The molecule has 20 heavy (non-hydrogen) atoms. The molecule has 0 aliphatic rings. The van der Waals surface area contributed by atoms with Crippen molar-refractivity contribution in [2.45, 2.75) is 45.2 Å². The Labute approximate surface area is 123 Å². The first-order valence-corrected chi connectivity index (χ1v) is 8.46. The second-order valence-corrected chi connectivity index (χ2v) is 7.90. The predicted octanol–water partition coefficient (Wildman–Crippen LogP) is 2.46. The van der Waals surface area contributed by atoms with Gasteiger partial charge in [-0.05, 0) is 23.6 Å². The first-order chi connectivity index (χ1) is 9.23. The van der Waals surface area contributed by atoms with Crippen LogP contribution in [0.15, 0.2) is 29.2 Å². The smallest absolute Gasteiger partial charge is 0.242 e. The SMILES string of the molecule is CC(C)CN(C)S(=O)(=O)c1ccc(CNC(C)C)cc1. The number of rotatable bonds is 7. The van der Waals surface area contributed by atoms with E-state index in [0.29, 0.717) is 23.4 Å². The fourth-order valence-electron chi connectivity index (χ4n) is 1.89. The average molecular weight is 298 g/mol. The molecule has 0 spiro atoms. The fourth-order valence-corrected chi connectivity index (χ4v) is 3.23. The van der Waals surface area contributed by atoms with E-state index in [9.17, 15) is 8.42 Å². The second-order valence-electron chi connectivity index (χ2n) is 5.86. The molecule has 0 aliphatic carbocycles. The number of sulfonamides is 1. The Kier molecular flexibility index (Phi) is 6.17. The van der Waals surface area contributed by atoms with Crippen LogP contribution in [0.1, 0.15) is 33.3 Å².